The van der Waals surface area contributed by atoms with Crippen LogP contribution < -0.4 is 0 Å². The van der Waals surface area contributed by atoms with Crippen molar-refractivity contribution in [2.45, 2.75) is 25.4 Å². The van der Waals surface area contributed by atoms with Crippen LogP contribution in [0.3, 0.4) is 0 Å². The summed E-state index contributed by atoms with van der Waals surface area (Å²) in [5, 5.41) is 0. The van der Waals surface area contributed by atoms with E-state index in [1.807, 2.05) is 0 Å². The number of hydrogen-bond acceptors (Lipinski definition) is 2. The fourth-order valence-corrected chi connectivity index (χ4v) is 2.21. The Morgan fingerprint density at radius 1 is 1.22 bits per heavy atom. The lowest BCUT2D eigenvalue weighted by molar-refractivity contribution is -0.153. The summed E-state index contributed by atoms with van der Waals surface area (Å²) in [6.45, 7) is 2.07. The van der Waals surface area contributed by atoms with Gasteiger partial charge in [-0.25, -0.2) is 0 Å². The highest BCUT2D eigenvalue weighted by molar-refractivity contribution is 5.74. The molecule has 0 radical (unpaired) electrons. The number of hydrogen-bond donors (Lipinski definition) is 0. The lowest BCUT2D eigenvalue weighted by atomic mass is 9.83. The number of carbonyl (C=O) groups excluding carboxylic acids is 1. The SMILES string of the molecule is CC1C(=O)OCCC1c1ccc(C(F)(F)F)cc1. The van der Waals surface area contributed by atoms with Crippen LogP contribution in [0.1, 0.15) is 30.4 Å². The number of cyclic esters (lactones) is 1. The molecule has 18 heavy (non-hydrogen) atoms. The summed E-state index contributed by atoms with van der Waals surface area (Å²) >= 11 is 0. The number of carbonyl (C=O) groups is 1. The molecule has 1 aromatic carbocycles. The van der Waals surface area contributed by atoms with Gasteiger partial charge in [0, 0.05) is 5.92 Å². The first-order chi connectivity index (χ1) is 8.39. The van der Waals surface area contributed by atoms with E-state index < -0.39 is 11.7 Å². The van der Waals surface area contributed by atoms with E-state index in [2.05, 4.69) is 0 Å². The molecule has 1 fully saturated rings. The number of rotatable bonds is 1. The largest absolute Gasteiger partial charge is 0.465 e. The molecule has 2 nitrogen and oxygen atoms in total. The highest BCUT2D eigenvalue weighted by Crippen LogP contribution is 2.35. The van der Waals surface area contributed by atoms with Gasteiger partial charge in [0.2, 0.25) is 0 Å². The predicted molar refractivity (Wildman–Crippen MR) is 58.9 cm³/mol. The van der Waals surface area contributed by atoms with Gasteiger partial charge in [-0.1, -0.05) is 19.1 Å². The minimum Gasteiger partial charge on any atom is -0.465 e. The molecule has 1 heterocycles. The maximum atomic E-state index is 12.4. The van der Waals surface area contributed by atoms with Crippen molar-refractivity contribution in [1.29, 1.82) is 0 Å². The zero-order chi connectivity index (χ0) is 13.3. The van der Waals surface area contributed by atoms with Gasteiger partial charge in [0.15, 0.2) is 0 Å². The summed E-state index contributed by atoms with van der Waals surface area (Å²) in [5.74, 6) is -0.657. The topological polar surface area (TPSA) is 26.3 Å². The van der Waals surface area contributed by atoms with Crippen molar-refractivity contribution in [3.63, 3.8) is 0 Å². The van der Waals surface area contributed by atoms with E-state index in [1.54, 1.807) is 6.92 Å². The Balaban J connectivity index is 2.21. The summed E-state index contributed by atoms with van der Waals surface area (Å²) in [7, 11) is 0. The van der Waals surface area contributed by atoms with Gasteiger partial charge in [-0.2, -0.15) is 13.2 Å². The monoisotopic (exact) mass is 258 g/mol. The van der Waals surface area contributed by atoms with E-state index in [9.17, 15) is 18.0 Å². The van der Waals surface area contributed by atoms with Gasteiger partial charge in [0.05, 0.1) is 18.1 Å². The molecular weight excluding hydrogens is 245 g/mol. The lowest BCUT2D eigenvalue weighted by Gasteiger charge is -2.28. The second kappa shape index (κ2) is 4.63. The molecular formula is C13H13F3O2. The van der Waals surface area contributed by atoms with E-state index in [0.717, 1.165) is 17.7 Å². The van der Waals surface area contributed by atoms with Crippen molar-refractivity contribution in [1.82, 2.24) is 0 Å². The number of ether oxygens (including phenoxy) is 1. The standard InChI is InChI=1S/C13H13F3O2/c1-8-11(6-7-18-12(8)17)9-2-4-10(5-3-9)13(14,15)16/h2-5,8,11H,6-7H2,1H3. The zero-order valence-electron chi connectivity index (χ0n) is 9.83. The summed E-state index contributed by atoms with van der Waals surface area (Å²) in [4.78, 5) is 11.4. The molecule has 0 saturated carbocycles. The second-order valence-corrected chi connectivity index (χ2v) is 4.47. The maximum absolute atomic E-state index is 12.4. The molecule has 2 atom stereocenters. The Hall–Kier alpha value is -1.52. The zero-order valence-corrected chi connectivity index (χ0v) is 9.83. The fraction of sp³-hybridized carbons (Fsp3) is 0.462. The van der Waals surface area contributed by atoms with Crippen LogP contribution in [-0.4, -0.2) is 12.6 Å². The van der Waals surface area contributed by atoms with Gasteiger partial charge in [-0.3, -0.25) is 4.79 Å². The summed E-state index contributed by atoms with van der Waals surface area (Å²) in [6, 6.07) is 5.01. The Morgan fingerprint density at radius 2 is 1.83 bits per heavy atom. The van der Waals surface area contributed by atoms with Gasteiger partial charge in [0.25, 0.3) is 0 Å². The first kappa shape index (κ1) is 12.9. The number of benzene rings is 1. The van der Waals surface area contributed by atoms with Crippen LogP contribution in [0.4, 0.5) is 13.2 Å². The molecule has 0 N–H and O–H groups in total. The Bertz CT molecular complexity index is 437. The van der Waals surface area contributed by atoms with Crippen LogP contribution in [-0.2, 0) is 15.7 Å². The molecule has 0 aromatic heterocycles. The van der Waals surface area contributed by atoms with Crippen LogP contribution in [0.25, 0.3) is 0 Å². The van der Waals surface area contributed by atoms with E-state index in [4.69, 9.17) is 4.74 Å². The third kappa shape index (κ3) is 2.49. The fourth-order valence-electron chi connectivity index (χ4n) is 2.21. The van der Waals surface area contributed by atoms with Crippen LogP contribution in [0.2, 0.25) is 0 Å². The highest BCUT2D eigenvalue weighted by Gasteiger charge is 2.33. The van der Waals surface area contributed by atoms with E-state index in [0.29, 0.717) is 13.0 Å². The number of esters is 1. The van der Waals surface area contributed by atoms with Crippen molar-refractivity contribution < 1.29 is 22.7 Å². The number of alkyl halides is 3. The van der Waals surface area contributed by atoms with E-state index in [-0.39, 0.29) is 17.8 Å². The van der Waals surface area contributed by atoms with Gasteiger partial charge in [-0.15, -0.1) is 0 Å². The second-order valence-electron chi connectivity index (χ2n) is 4.47. The molecule has 1 aliphatic heterocycles. The van der Waals surface area contributed by atoms with Gasteiger partial charge < -0.3 is 4.74 Å². The van der Waals surface area contributed by atoms with Crippen LogP contribution in [0.5, 0.6) is 0 Å². The van der Waals surface area contributed by atoms with Gasteiger partial charge in [-0.05, 0) is 24.1 Å². The van der Waals surface area contributed by atoms with Crippen molar-refractivity contribution in [2.24, 2.45) is 5.92 Å². The van der Waals surface area contributed by atoms with Gasteiger partial charge >= 0.3 is 12.1 Å². The van der Waals surface area contributed by atoms with Crippen LogP contribution in [0, 0.1) is 5.92 Å². The molecule has 0 spiro atoms. The minimum absolute atomic E-state index is 0.0615. The van der Waals surface area contributed by atoms with Crippen molar-refractivity contribution in [2.75, 3.05) is 6.61 Å². The quantitative estimate of drug-likeness (QED) is 0.722. The number of halogens is 3. The molecule has 1 saturated heterocycles. The average molecular weight is 258 g/mol. The first-order valence-corrected chi connectivity index (χ1v) is 5.73. The van der Waals surface area contributed by atoms with Crippen LogP contribution in [0.15, 0.2) is 24.3 Å². The normalized spacial score (nSPS) is 24.8. The molecule has 1 aromatic rings. The van der Waals surface area contributed by atoms with Crippen molar-refractivity contribution >= 4 is 5.97 Å². The predicted octanol–water partition coefficient (Wildman–Crippen LogP) is 3.37. The molecule has 1 aliphatic rings. The summed E-state index contributed by atoms with van der Waals surface area (Å²) in [5.41, 5.74) is 0.0874. The molecule has 5 heteroatoms. The van der Waals surface area contributed by atoms with E-state index in [1.165, 1.54) is 12.1 Å². The lowest BCUT2D eigenvalue weighted by Crippen LogP contribution is -2.29. The van der Waals surface area contributed by atoms with Gasteiger partial charge in [0.1, 0.15) is 0 Å². The molecule has 0 bridgehead atoms. The Kier molecular flexibility index (Phi) is 3.32. The average Bonchev–Trinajstić information content (AvgIpc) is 2.32. The molecule has 2 unspecified atom stereocenters. The molecule has 2 rings (SSSR count). The highest BCUT2D eigenvalue weighted by atomic mass is 19.4. The smallest absolute Gasteiger partial charge is 0.416 e. The molecule has 0 aliphatic carbocycles. The minimum atomic E-state index is -4.32. The summed E-state index contributed by atoms with van der Waals surface area (Å²) in [6.07, 6.45) is -3.67. The first-order valence-electron chi connectivity index (χ1n) is 5.73. The van der Waals surface area contributed by atoms with Crippen molar-refractivity contribution in [3.8, 4) is 0 Å². The molecule has 98 valence electrons. The molecule has 0 amide bonds. The third-order valence-electron chi connectivity index (χ3n) is 3.31. The van der Waals surface area contributed by atoms with Crippen LogP contribution >= 0.6 is 0 Å². The third-order valence-corrected chi connectivity index (χ3v) is 3.31. The Morgan fingerprint density at radius 3 is 2.39 bits per heavy atom. The summed E-state index contributed by atoms with van der Waals surface area (Å²) < 4.78 is 42.2. The van der Waals surface area contributed by atoms with Crippen molar-refractivity contribution in [3.05, 3.63) is 35.4 Å². The maximum Gasteiger partial charge on any atom is 0.416 e. The Labute approximate surface area is 103 Å². The van der Waals surface area contributed by atoms with E-state index >= 15 is 0 Å².